The number of rotatable bonds is 3. The van der Waals surface area contributed by atoms with Crippen molar-refractivity contribution in [3.63, 3.8) is 0 Å². The lowest BCUT2D eigenvalue weighted by molar-refractivity contribution is -0.140. The number of carbonyl (C=O) groups is 2. The summed E-state index contributed by atoms with van der Waals surface area (Å²) in [5.74, 6) is -1.63. The molecule has 0 radical (unpaired) electrons. The minimum absolute atomic E-state index is 0.0168. The number of fused-ring (bicyclic) bond motifs is 1. The summed E-state index contributed by atoms with van der Waals surface area (Å²) in [6.07, 6.45) is 5.69. The molecule has 0 aliphatic heterocycles. The highest BCUT2D eigenvalue weighted by molar-refractivity contribution is 5.98. The Bertz CT molecular complexity index is 658. The van der Waals surface area contributed by atoms with Gasteiger partial charge in [-0.3, -0.25) is 9.59 Å². The average Bonchev–Trinajstić information content (AvgIpc) is 3.22. The van der Waals surface area contributed by atoms with Gasteiger partial charge in [0.15, 0.2) is 0 Å². The molecule has 1 aromatic rings. The predicted octanol–water partition coefficient (Wildman–Crippen LogP) is 0.991. The Morgan fingerprint density at radius 1 is 1.19 bits per heavy atom. The summed E-state index contributed by atoms with van der Waals surface area (Å²) < 4.78 is 0. The van der Waals surface area contributed by atoms with E-state index in [2.05, 4.69) is 10.3 Å². The van der Waals surface area contributed by atoms with E-state index in [1.165, 1.54) is 0 Å². The maximum atomic E-state index is 12.2. The number of aryl methyl sites for hydroxylation is 2. The summed E-state index contributed by atoms with van der Waals surface area (Å²) in [5.41, 5.74) is 0.319. The third kappa shape index (κ3) is 2.57. The van der Waals surface area contributed by atoms with Crippen LogP contribution in [0.3, 0.4) is 0 Å². The van der Waals surface area contributed by atoms with Gasteiger partial charge in [0.05, 0.1) is 0 Å². The molecular formula is C15H18N2O4. The maximum absolute atomic E-state index is 12.2. The first-order valence-corrected chi connectivity index (χ1v) is 7.33. The summed E-state index contributed by atoms with van der Waals surface area (Å²) in [4.78, 5) is 38.2. The summed E-state index contributed by atoms with van der Waals surface area (Å²) >= 11 is 0. The van der Waals surface area contributed by atoms with Crippen LogP contribution in [0.4, 0.5) is 0 Å². The van der Waals surface area contributed by atoms with E-state index in [4.69, 9.17) is 5.11 Å². The van der Waals surface area contributed by atoms with Gasteiger partial charge in [0.1, 0.15) is 11.1 Å². The van der Waals surface area contributed by atoms with Gasteiger partial charge in [-0.05, 0) is 50.2 Å². The number of hydrogen-bond acceptors (Lipinski definition) is 3. The van der Waals surface area contributed by atoms with Crippen LogP contribution in [-0.4, -0.2) is 27.5 Å². The zero-order valence-electron chi connectivity index (χ0n) is 11.7. The molecule has 2 aliphatic rings. The quantitative estimate of drug-likeness (QED) is 0.723. The number of aromatic amines is 1. The van der Waals surface area contributed by atoms with Gasteiger partial charge in [-0.2, -0.15) is 0 Å². The Labute approximate surface area is 121 Å². The fourth-order valence-corrected chi connectivity index (χ4v) is 2.82. The zero-order chi connectivity index (χ0) is 15.0. The topological polar surface area (TPSA) is 99.3 Å². The Hall–Kier alpha value is -2.11. The van der Waals surface area contributed by atoms with Crippen LogP contribution in [0.25, 0.3) is 0 Å². The molecule has 0 spiro atoms. The summed E-state index contributed by atoms with van der Waals surface area (Å²) in [6, 6.07) is 1.63. The molecule has 1 heterocycles. The van der Waals surface area contributed by atoms with Crippen LogP contribution >= 0.6 is 0 Å². The van der Waals surface area contributed by atoms with E-state index in [1.807, 2.05) is 0 Å². The van der Waals surface area contributed by atoms with Crippen molar-refractivity contribution in [1.29, 1.82) is 0 Å². The van der Waals surface area contributed by atoms with E-state index in [9.17, 15) is 14.4 Å². The highest BCUT2D eigenvalue weighted by Gasteiger charge is 2.51. The number of aromatic nitrogens is 1. The van der Waals surface area contributed by atoms with Gasteiger partial charge in [0.25, 0.3) is 11.5 Å². The van der Waals surface area contributed by atoms with Crippen molar-refractivity contribution in [2.24, 2.45) is 0 Å². The molecule has 0 atom stereocenters. The van der Waals surface area contributed by atoms with Gasteiger partial charge >= 0.3 is 5.97 Å². The predicted molar refractivity (Wildman–Crippen MR) is 75.4 cm³/mol. The van der Waals surface area contributed by atoms with Crippen LogP contribution < -0.4 is 10.9 Å². The number of carboxylic acids is 1. The molecule has 1 amide bonds. The normalized spacial score (nSPS) is 19.2. The lowest BCUT2D eigenvalue weighted by Crippen LogP contribution is -2.44. The van der Waals surface area contributed by atoms with Crippen molar-refractivity contribution >= 4 is 11.9 Å². The SMILES string of the molecule is O=C(NC1(C(=O)O)CC1)c1cc2c([nH]c1=O)CCCCC2. The fourth-order valence-electron chi connectivity index (χ4n) is 2.82. The average molecular weight is 290 g/mol. The Kier molecular flexibility index (Phi) is 3.31. The molecule has 1 aromatic heterocycles. The Balaban J connectivity index is 1.88. The van der Waals surface area contributed by atoms with Crippen LogP contribution in [0.1, 0.15) is 53.7 Å². The second-order valence-electron chi connectivity index (χ2n) is 5.92. The van der Waals surface area contributed by atoms with Gasteiger partial charge in [-0.25, -0.2) is 4.79 Å². The Morgan fingerprint density at radius 3 is 2.57 bits per heavy atom. The second-order valence-corrected chi connectivity index (χ2v) is 5.92. The zero-order valence-corrected chi connectivity index (χ0v) is 11.7. The van der Waals surface area contributed by atoms with E-state index >= 15 is 0 Å². The van der Waals surface area contributed by atoms with Crippen molar-refractivity contribution in [2.75, 3.05) is 0 Å². The second kappa shape index (κ2) is 5.02. The monoisotopic (exact) mass is 290 g/mol. The number of nitrogens with one attached hydrogen (secondary N) is 2. The number of carbonyl (C=O) groups excluding carboxylic acids is 1. The standard InChI is InChI=1S/C15H18N2O4/c18-12-10(13(19)17-15(6-7-15)14(20)21)8-9-4-2-1-3-5-11(9)16-12/h8H,1-7H2,(H,16,18)(H,17,19)(H,20,21). The number of aliphatic carboxylic acids is 1. The summed E-state index contributed by atoms with van der Waals surface area (Å²) in [7, 11) is 0. The van der Waals surface area contributed by atoms with Crippen molar-refractivity contribution in [2.45, 2.75) is 50.5 Å². The molecule has 3 N–H and O–H groups in total. The minimum Gasteiger partial charge on any atom is -0.480 e. The van der Waals surface area contributed by atoms with Gasteiger partial charge < -0.3 is 15.4 Å². The maximum Gasteiger partial charge on any atom is 0.329 e. The molecule has 3 rings (SSSR count). The van der Waals surface area contributed by atoms with Crippen molar-refractivity contribution in [3.8, 4) is 0 Å². The van der Waals surface area contributed by atoms with Crippen LogP contribution in [0, 0.1) is 0 Å². The van der Waals surface area contributed by atoms with E-state index in [0.717, 1.165) is 43.4 Å². The van der Waals surface area contributed by atoms with E-state index in [0.29, 0.717) is 12.8 Å². The molecule has 21 heavy (non-hydrogen) atoms. The van der Waals surface area contributed by atoms with Crippen LogP contribution in [-0.2, 0) is 17.6 Å². The summed E-state index contributed by atoms with van der Waals surface area (Å²) in [6.45, 7) is 0. The minimum atomic E-state index is -1.17. The van der Waals surface area contributed by atoms with Gasteiger partial charge in [-0.15, -0.1) is 0 Å². The molecule has 1 saturated carbocycles. The molecule has 0 bridgehead atoms. The number of pyridine rings is 1. The van der Waals surface area contributed by atoms with Crippen molar-refractivity contribution < 1.29 is 14.7 Å². The molecule has 2 aliphatic carbocycles. The first-order valence-electron chi connectivity index (χ1n) is 7.33. The van der Waals surface area contributed by atoms with Crippen molar-refractivity contribution in [1.82, 2.24) is 10.3 Å². The first kappa shape index (κ1) is 13.9. The van der Waals surface area contributed by atoms with Crippen LogP contribution in [0.5, 0.6) is 0 Å². The smallest absolute Gasteiger partial charge is 0.329 e. The molecule has 6 nitrogen and oxygen atoms in total. The van der Waals surface area contributed by atoms with E-state index in [1.54, 1.807) is 6.07 Å². The number of carboxylic acid groups (broad SMARTS) is 1. The van der Waals surface area contributed by atoms with Crippen molar-refractivity contribution in [3.05, 3.63) is 33.2 Å². The lowest BCUT2D eigenvalue weighted by atomic mass is 10.1. The molecule has 0 unspecified atom stereocenters. The largest absolute Gasteiger partial charge is 0.480 e. The number of H-pyrrole nitrogens is 1. The number of hydrogen-bond donors (Lipinski definition) is 3. The highest BCUT2D eigenvalue weighted by atomic mass is 16.4. The van der Waals surface area contributed by atoms with Crippen LogP contribution in [0.2, 0.25) is 0 Å². The third-order valence-electron chi connectivity index (χ3n) is 4.34. The molecule has 0 saturated heterocycles. The van der Waals surface area contributed by atoms with Gasteiger partial charge in [0, 0.05) is 5.69 Å². The Morgan fingerprint density at radius 2 is 1.90 bits per heavy atom. The number of amides is 1. The molecule has 6 heteroatoms. The third-order valence-corrected chi connectivity index (χ3v) is 4.34. The summed E-state index contributed by atoms with van der Waals surface area (Å²) in [5, 5.41) is 11.6. The highest BCUT2D eigenvalue weighted by Crippen LogP contribution is 2.35. The molecule has 0 aromatic carbocycles. The van der Waals surface area contributed by atoms with Gasteiger partial charge in [0.2, 0.25) is 0 Å². The van der Waals surface area contributed by atoms with Crippen LogP contribution in [0.15, 0.2) is 10.9 Å². The lowest BCUT2D eigenvalue weighted by Gasteiger charge is -2.13. The molecule has 1 fully saturated rings. The molecule has 112 valence electrons. The fraction of sp³-hybridized carbons (Fsp3) is 0.533. The van der Waals surface area contributed by atoms with E-state index in [-0.39, 0.29) is 5.56 Å². The van der Waals surface area contributed by atoms with Gasteiger partial charge in [-0.1, -0.05) is 6.42 Å². The first-order chi connectivity index (χ1) is 10.0. The molecular weight excluding hydrogens is 272 g/mol. The van der Waals surface area contributed by atoms with E-state index < -0.39 is 23.0 Å².